The average Bonchev–Trinajstić information content (AvgIpc) is 3.14. The molecule has 2 aromatic rings. The van der Waals surface area contributed by atoms with E-state index in [2.05, 4.69) is 43.7 Å². The van der Waals surface area contributed by atoms with E-state index in [0.717, 1.165) is 29.1 Å². The van der Waals surface area contributed by atoms with Crippen molar-refractivity contribution in [2.24, 2.45) is 4.99 Å². The van der Waals surface area contributed by atoms with Gasteiger partial charge in [0.1, 0.15) is 17.1 Å². The standard InChI is InChI=1S/C17H24BrN3O2S/c1-4-19-16(20-10-9-13-6-8-15(18)24-13)21-11-17(3,22)14-7-5-12(2)23-14/h5-8,22H,4,9-11H2,1-3H3,(H2,19,20,21). The second-order valence-corrected chi connectivity index (χ2v) is 8.31. The van der Waals surface area contributed by atoms with Crippen LogP contribution in [-0.2, 0) is 12.0 Å². The van der Waals surface area contributed by atoms with Crippen molar-refractivity contribution in [1.82, 2.24) is 10.6 Å². The molecule has 0 radical (unpaired) electrons. The topological polar surface area (TPSA) is 69.8 Å². The molecular weight excluding hydrogens is 390 g/mol. The highest BCUT2D eigenvalue weighted by Gasteiger charge is 2.26. The van der Waals surface area contributed by atoms with E-state index < -0.39 is 5.60 Å². The first-order valence-corrected chi connectivity index (χ1v) is 9.57. The molecule has 7 heteroatoms. The number of hydrogen-bond donors (Lipinski definition) is 3. The maximum Gasteiger partial charge on any atom is 0.191 e. The molecular formula is C17H24BrN3O2S. The Hall–Kier alpha value is -1.31. The molecule has 3 N–H and O–H groups in total. The molecule has 1 unspecified atom stereocenters. The van der Waals surface area contributed by atoms with Crippen LogP contribution in [0.2, 0.25) is 0 Å². The van der Waals surface area contributed by atoms with E-state index in [1.54, 1.807) is 24.3 Å². The first kappa shape index (κ1) is 19.0. The van der Waals surface area contributed by atoms with Crippen molar-refractivity contribution in [1.29, 1.82) is 0 Å². The smallest absolute Gasteiger partial charge is 0.191 e. The Morgan fingerprint density at radius 3 is 2.71 bits per heavy atom. The molecule has 0 fully saturated rings. The van der Waals surface area contributed by atoms with Gasteiger partial charge in [-0.3, -0.25) is 0 Å². The number of nitrogens with one attached hydrogen (secondary N) is 2. The fourth-order valence-corrected chi connectivity index (χ4v) is 3.65. The van der Waals surface area contributed by atoms with Crippen molar-refractivity contribution in [2.75, 3.05) is 19.6 Å². The largest absolute Gasteiger partial charge is 0.463 e. The highest BCUT2D eigenvalue weighted by molar-refractivity contribution is 9.11. The lowest BCUT2D eigenvalue weighted by molar-refractivity contribution is 0.0428. The molecule has 0 spiro atoms. The second-order valence-electron chi connectivity index (χ2n) is 5.76. The van der Waals surface area contributed by atoms with Gasteiger partial charge in [-0.1, -0.05) is 0 Å². The Morgan fingerprint density at radius 1 is 1.33 bits per heavy atom. The number of nitrogens with zero attached hydrogens (tertiary/aromatic N) is 1. The summed E-state index contributed by atoms with van der Waals surface area (Å²) in [5, 5.41) is 17.1. The van der Waals surface area contributed by atoms with E-state index in [1.165, 1.54) is 4.88 Å². The van der Waals surface area contributed by atoms with E-state index in [-0.39, 0.29) is 6.54 Å². The molecule has 0 aliphatic carbocycles. The summed E-state index contributed by atoms with van der Waals surface area (Å²) in [5.41, 5.74) is -1.13. The minimum absolute atomic E-state index is 0.222. The van der Waals surface area contributed by atoms with Gasteiger partial charge in [0.05, 0.1) is 10.3 Å². The molecule has 0 amide bonds. The highest BCUT2D eigenvalue weighted by Crippen LogP contribution is 2.23. The van der Waals surface area contributed by atoms with Gasteiger partial charge in [0.25, 0.3) is 0 Å². The fraction of sp³-hybridized carbons (Fsp3) is 0.471. The number of guanidine groups is 1. The molecule has 0 aromatic carbocycles. The van der Waals surface area contributed by atoms with Crippen LogP contribution in [-0.4, -0.2) is 30.7 Å². The van der Waals surface area contributed by atoms with Crippen molar-refractivity contribution in [3.63, 3.8) is 0 Å². The number of rotatable bonds is 7. The third kappa shape index (κ3) is 5.65. The quantitative estimate of drug-likeness (QED) is 0.480. The predicted octanol–water partition coefficient (Wildman–Crippen LogP) is 3.42. The van der Waals surface area contributed by atoms with Crippen molar-refractivity contribution in [3.05, 3.63) is 44.4 Å². The summed E-state index contributed by atoms with van der Waals surface area (Å²) in [7, 11) is 0. The summed E-state index contributed by atoms with van der Waals surface area (Å²) < 4.78 is 6.66. The Balaban J connectivity index is 1.91. The molecule has 1 atom stereocenters. The van der Waals surface area contributed by atoms with Gasteiger partial charge in [-0.05, 0) is 67.4 Å². The van der Waals surface area contributed by atoms with Gasteiger partial charge in [0.15, 0.2) is 5.96 Å². The number of thiophene rings is 1. The highest BCUT2D eigenvalue weighted by atomic mass is 79.9. The first-order chi connectivity index (χ1) is 11.4. The number of hydrogen-bond acceptors (Lipinski definition) is 4. The predicted molar refractivity (Wildman–Crippen MR) is 103 cm³/mol. The van der Waals surface area contributed by atoms with Gasteiger partial charge in [0, 0.05) is 18.0 Å². The Kier molecular flexibility index (Phi) is 6.89. The van der Waals surface area contributed by atoms with E-state index in [4.69, 9.17) is 4.42 Å². The molecule has 0 saturated carbocycles. The van der Waals surface area contributed by atoms with Crippen LogP contribution < -0.4 is 10.6 Å². The van der Waals surface area contributed by atoms with E-state index in [1.807, 2.05) is 19.9 Å². The number of aryl methyl sites for hydroxylation is 1. The second kappa shape index (κ2) is 8.69. The molecule has 0 aliphatic rings. The van der Waals surface area contributed by atoms with Crippen LogP contribution >= 0.6 is 27.3 Å². The molecule has 24 heavy (non-hydrogen) atoms. The molecule has 2 heterocycles. The zero-order valence-electron chi connectivity index (χ0n) is 14.2. The van der Waals surface area contributed by atoms with Crippen molar-refractivity contribution in [2.45, 2.75) is 32.8 Å². The number of halogens is 1. The molecule has 2 aromatic heterocycles. The molecule has 2 rings (SSSR count). The third-order valence-electron chi connectivity index (χ3n) is 3.45. The normalized spacial score (nSPS) is 14.5. The van der Waals surface area contributed by atoms with E-state index >= 15 is 0 Å². The first-order valence-electron chi connectivity index (χ1n) is 7.96. The maximum absolute atomic E-state index is 10.6. The van der Waals surface area contributed by atoms with Gasteiger partial charge in [-0.25, -0.2) is 4.99 Å². The molecule has 0 saturated heterocycles. The summed E-state index contributed by atoms with van der Waals surface area (Å²) in [4.78, 5) is 5.79. The van der Waals surface area contributed by atoms with Crippen LogP contribution in [0.3, 0.4) is 0 Å². The van der Waals surface area contributed by atoms with Crippen LogP contribution in [0.1, 0.15) is 30.2 Å². The Morgan fingerprint density at radius 2 is 2.12 bits per heavy atom. The molecule has 5 nitrogen and oxygen atoms in total. The summed E-state index contributed by atoms with van der Waals surface area (Å²) in [6, 6.07) is 7.81. The van der Waals surface area contributed by atoms with Crippen molar-refractivity contribution < 1.29 is 9.52 Å². The summed E-state index contributed by atoms with van der Waals surface area (Å²) in [6.07, 6.45) is 0.925. The van der Waals surface area contributed by atoms with Gasteiger partial charge in [-0.2, -0.15) is 0 Å². The van der Waals surface area contributed by atoms with Crippen LogP contribution in [0, 0.1) is 6.92 Å². The van der Waals surface area contributed by atoms with Gasteiger partial charge >= 0.3 is 0 Å². The summed E-state index contributed by atoms with van der Waals surface area (Å²) >= 11 is 5.21. The SMILES string of the molecule is CCNC(=NCC(C)(O)c1ccc(C)o1)NCCc1ccc(Br)s1. The monoisotopic (exact) mass is 413 g/mol. The fourth-order valence-electron chi connectivity index (χ4n) is 2.17. The van der Waals surface area contributed by atoms with E-state index in [0.29, 0.717) is 11.7 Å². The van der Waals surface area contributed by atoms with Crippen molar-refractivity contribution >= 4 is 33.2 Å². The lowest BCUT2D eigenvalue weighted by atomic mass is 10.0. The minimum Gasteiger partial charge on any atom is -0.463 e. The summed E-state index contributed by atoms with van der Waals surface area (Å²) in [6.45, 7) is 7.35. The Bertz CT molecular complexity index is 679. The number of aliphatic imine (C=N–C) groups is 1. The van der Waals surface area contributed by atoms with E-state index in [9.17, 15) is 5.11 Å². The zero-order chi connectivity index (χ0) is 17.6. The number of furan rings is 1. The van der Waals surface area contributed by atoms with Gasteiger partial charge in [0.2, 0.25) is 0 Å². The number of aliphatic hydroxyl groups is 1. The van der Waals surface area contributed by atoms with Crippen molar-refractivity contribution in [3.8, 4) is 0 Å². The Labute approximate surface area is 155 Å². The third-order valence-corrected chi connectivity index (χ3v) is 5.14. The lowest BCUT2D eigenvalue weighted by Gasteiger charge is -2.19. The molecule has 132 valence electrons. The zero-order valence-corrected chi connectivity index (χ0v) is 16.6. The minimum atomic E-state index is -1.13. The maximum atomic E-state index is 10.6. The van der Waals surface area contributed by atoms with Crippen LogP contribution in [0.25, 0.3) is 0 Å². The van der Waals surface area contributed by atoms with Gasteiger partial charge in [-0.15, -0.1) is 11.3 Å². The van der Waals surface area contributed by atoms with Crippen LogP contribution in [0.4, 0.5) is 0 Å². The average molecular weight is 414 g/mol. The summed E-state index contributed by atoms with van der Waals surface area (Å²) in [5.74, 6) is 2.00. The van der Waals surface area contributed by atoms with Crippen LogP contribution in [0.5, 0.6) is 0 Å². The molecule has 0 aliphatic heterocycles. The van der Waals surface area contributed by atoms with Gasteiger partial charge < -0.3 is 20.2 Å². The lowest BCUT2D eigenvalue weighted by Crippen LogP contribution is -2.39. The van der Waals surface area contributed by atoms with Crippen LogP contribution in [0.15, 0.2) is 37.5 Å². The molecule has 0 bridgehead atoms.